The standard InChI is InChI=1S/C9H8F3NO2/c1-6(14)13-7-4-2-3-5-8(7)15-9(10,11)12/h2-5H,1H3,(H,13,14). The summed E-state index contributed by atoms with van der Waals surface area (Å²) in [5.41, 5.74) is -0.0117. The molecule has 6 heteroatoms. The molecule has 0 fully saturated rings. The highest BCUT2D eigenvalue weighted by molar-refractivity contribution is 5.90. The first-order chi connectivity index (χ1) is 6.88. The van der Waals surface area contributed by atoms with Crippen LogP contribution >= 0.6 is 0 Å². The van der Waals surface area contributed by atoms with E-state index in [0.29, 0.717) is 0 Å². The summed E-state index contributed by atoms with van der Waals surface area (Å²) in [6.07, 6.45) is -4.77. The first-order valence-electron chi connectivity index (χ1n) is 4.01. The molecule has 0 unspecified atom stereocenters. The summed E-state index contributed by atoms with van der Waals surface area (Å²) < 4.78 is 39.5. The van der Waals surface area contributed by atoms with E-state index in [0.717, 1.165) is 6.07 Å². The number of carbonyl (C=O) groups is 1. The van der Waals surface area contributed by atoms with Crippen LogP contribution in [0.1, 0.15) is 6.92 Å². The minimum absolute atomic E-state index is 0.0117. The van der Waals surface area contributed by atoms with Crippen molar-refractivity contribution in [2.24, 2.45) is 0 Å². The molecule has 0 heterocycles. The maximum absolute atomic E-state index is 11.9. The van der Waals surface area contributed by atoms with Crippen LogP contribution in [-0.4, -0.2) is 12.3 Å². The van der Waals surface area contributed by atoms with E-state index < -0.39 is 18.0 Å². The van der Waals surface area contributed by atoms with Gasteiger partial charge in [-0.15, -0.1) is 13.2 Å². The maximum atomic E-state index is 11.9. The van der Waals surface area contributed by atoms with E-state index in [9.17, 15) is 18.0 Å². The van der Waals surface area contributed by atoms with Gasteiger partial charge in [-0.05, 0) is 12.1 Å². The molecule has 0 saturated carbocycles. The number of amides is 1. The number of carbonyl (C=O) groups excluding carboxylic acids is 1. The van der Waals surface area contributed by atoms with E-state index in [1.807, 2.05) is 0 Å². The van der Waals surface area contributed by atoms with Gasteiger partial charge in [0.1, 0.15) is 0 Å². The van der Waals surface area contributed by atoms with Gasteiger partial charge in [-0.2, -0.15) is 0 Å². The molecule has 15 heavy (non-hydrogen) atoms. The predicted molar refractivity (Wildman–Crippen MR) is 47.4 cm³/mol. The summed E-state index contributed by atoms with van der Waals surface area (Å²) in [4.78, 5) is 10.7. The largest absolute Gasteiger partial charge is 0.573 e. The number of nitrogens with one attached hydrogen (secondary N) is 1. The Hall–Kier alpha value is -1.72. The van der Waals surface area contributed by atoms with Crippen LogP contribution in [0.4, 0.5) is 18.9 Å². The van der Waals surface area contributed by atoms with Gasteiger partial charge in [-0.1, -0.05) is 12.1 Å². The number of halogens is 3. The molecule has 0 aromatic heterocycles. The molecular formula is C9H8F3NO2. The van der Waals surface area contributed by atoms with Crippen LogP contribution in [-0.2, 0) is 4.79 Å². The SMILES string of the molecule is CC(=O)Nc1ccccc1OC(F)(F)F. The van der Waals surface area contributed by atoms with Crippen molar-refractivity contribution in [3.63, 3.8) is 0 Å². The quantitative estimate of drug-likeness (QED) is 0.830. The number of hydrogen-bond donors (Lipinski definition) is 1. The maximum Gasteiger partial charge on any atom is 0.573 e. The lowest BCUT2D eigenvalue weighted by molar-refractivity contribution is -0.274. The zero-order valence-electron chi connectivity index (χ0n) is 7.76. The van der Waals surface area contributed by atoms with Crippen LogP contribution in [0.25, 0.3) is 0 Å². The average molecular weight is 219 g/mol. The lowest BCUT2D eigenvalue weighted by Gasteiger charge is -2.12. The summed E-state index contributed by atoms with van der Waals surface area (Å²) in [6.45, 7) is 1.20. The fourth-order valence-electron chi connectivity index (χ4n) is 0.973. The van der Waals surface area contributed by atoms with Gasteiger partial charge in [0.2, 0.25) is 5.91 Å². The Labute approximate surface area is 83.8 Å². The van der Waals surface area contributed by atoms with Crippen molar-refractivity contribution in [2.75, 3.05) is 5.32 Å². The van der Waals surface area contributed by atoms with Gasteiger partial charge in [-0.25, -0.2) is 0 Å². The monoisotopic (exact) mass is 219 g/mol. The smallest absolute Gasteiger partial charge is 0.404 e. The lowest BCUT2D eigenvalue weighted by Crippen LogP contribution is -2.18. The van der Waals surface area contributed by atoms with E-state index in [2.05, 4.69) is 10.1 Å². The molecule has 0 aliphatic rings. The first kappa shape index (κ1) is 11.4. The van der Waals surface area contributed by atoms with Gasteiger partial charge in [0.25, 0.3) is 0 Å². The number of ether oxygens (including phenoxy) is 1. The molecule has 1 amide bonds. The summed E-state index contributed by atoms with van der Waals surface area (Å²) in [6, 6.07) is 5.32. The van der Waals surface area contributed by atoms with Crippen LogP contribution < -0.4 is 10.1 Å². The third kappa shape index (κ3) is 3.88. The molecule has 0 radical (unpaired) electrons. The van der Waals surface area contributed by atoms with Crippen LogP contribution in [0.2, 0.25) is 0 Å². The molecule has 1 aromatic rings. The molecule has 82 valence electrons. The van der Waals surface area contributed by atoms with E-state index in [4.69, 9.17) is 0 Å². The van der Waals surface area contributed by atoms with Gasteiger partial charge in [0.15, 0.2) is 5.75 Å². The van der Waals surface area contributed by atoms with Crippen molar-refractivity contribution >= 4 is 11.6 Å². The molecule has 0 atom stereocenters. The fourth-order valence-corrected chi connectivity index (χ4v) is 0.973. The van der Waals surface area contributed by atoms with Gasteiger partial charge in [0, 0.05) is 6.92 Å². The first-order valence-corrected chi connectivity index (χ1v) is 4.01. The normalized spacial score (nSPS) is 10.9. The average Bonchev–Trinajstić information content (AvgIpc) is 2.05. The Morgan fingerprint density at radius 1 is 1.33 bits per heavy atom. The second-order valence-corrected chi connectivity index (χ2v) is 2.73. The van der Waals surface area contributed by atoms with E-state index in [1.54, 1.807) is 0 Å². The zero-order chi connectivity index (χ0) is 11.5. The molecule has 1 N–H and O–H groups in total. The Bertz CT molecular complexity index is 363. The second kappa shape index (κ2) is 4.20. The highest BCUT2D eigenvalue weighted by atomic mass is 19.4. The van der Waals surface area contributed by atoms with Crippen molar-refractivity contribution in [1.29, 1.82) is 0 Å². The fraction of sp³-hybridized carbons (Fsp3) is 0.222. The van der Waals surface area contributed by atoms with E-state index in [1.165, 1.54) is 25.1 Å². The minimum atomic E-state index is -4.77. The highest BCUT2D eigenvalue weighted by Crippen LogP contribution is 2.29. The van der Waals surface area contributed by atoms with E-state index >= 15 is 0 Å². The van der Waals surface area contributed by atoms with Gasteiger partial charge >= 0.3 is 6.36 Å². The number of rotatable bonds is 2. The Morgan fingerprint density at radius 3 is 2.47 bits per heavy atom. The second-order valence-electron chi connectivity index (χ2n) is 2.73. The van der Waals surface area contributed by atoms with Gasteiger partial charge in [0.05, 0.1) is 5.69 Å². The van der Waals surface area contributed by atoms with E-state index in [-0.39, 0.29) is 5.69 Å². The number of anilines is 1. The Kier molecular flexibility index (Phi) is 3.18. The molecule has 3 nitrogen and oxygen atoms in total. The summed E-state index contributed by atoms with van der Waals surface area (Å²) in [5, 5.41) is 2.23. The lowest BCUT2D eigenvalue weighted by atomic mass is 10.3. The van der Waals surface area contributed by atoms with Crippen LogP contribution in [0.5, 0.6) is 5.75 Å². The molecule has 0 bridgehead atoms. The number of para-hydroxylation sites is 2. The highest BCUT2D eigenvalue weighted by Gasteiger charge is 2.32. The summed E-state index contributed by atoms with van der Waals surface area (Å²) >= 11 is 0. The van der Waals surface area contributed by atoms with Crippen molar-refractivity contribution in [3.8, 4) is 5.75 Å². The molecule has 0 aliphatic carbocycles. The minimum Gasteiger partial charge on any atom is -0.404 e. The molecular weight excluding hydrogens is 211 g/mol. The van der Waals surface area contributed by atoms with Gasteiger partial charge < -0.3 is 10.1 Å². The van der Waals surface area contributed by atoms with Crippen molar-refractivity contribution in [3.05, 3.63) is 24.3 Å². The number of hydrogen-bond acceptors (Lipinski definition) is 2. The Morgan fingerprint density at radius 2 is 1.93 bits per heavy atom. The predicted octanol–water partition coefficient (Wildman–Crippen LogP) is 2.54. The van der Waals surface area contributed by atoms with Crippen LogP contribution in [0, 0.1) is 0 Å². The molecule has 1 aromatic carbocycles. The van der Waals surface area contributed by atoms with Crippen molar-refractivity contribution < 1.29 is 22.7 Å². The molecule has 1 rings (SSSR count). The van der Waals surface area contributed by atoms with Gasteiger partial charge in [-0.3, -0.25) is 4.79 Å². The third-order valence-electron chi connectivity index (χ3n) is 1.42. The molecule has 0 aliphatic heterocycles. The number of alkyl halides is 3. The molecule has 0 saturated heterocycles. The Balaban J connectivity index is 2.91. The summed E-state index contributed by atoms with van der Waals surface area (Å²) in [5.74, 6) is -0.895. The van der Waals surface area contributed by atoms with Crippen LogP contribution in [0.15, 0.2) is 24.3 Å². The third-order valence-corrected chi connectivity index (χ3v) is 1.42. The number of benzene rings is 1. The van der Waals surface area contributed by atoms with Crippen LogP contribution in [0.3, 0.4) is 0 Å². The summed E-state index contributed by atoms with van der Waals surface area (Å²) in [7, 11) is 0. The van der Waals surface area contributed by atoms with Crippen molar-refractivity contribution in [2.45, 2.75) is 13.3 Å². The zero-order valence-corrected chi connectivity index (χ0v) is 7.76. The topological polar surface area (TPSA) is 38.3 Å². The van der Waals surface area contributed by atoms with Crippen molar-refractivity contribution in [1.82, 2.24) is 0 Å². The molecule has 0 spiro atoms.